The fourth-order valence-electron chi connectivity index (χ4n) is 1.83. The first-order chi connectivity index (χ1) is 8.56. The number of aromatic hydroxyl groups is 1. The molecule has 0 bridgehead atoms. The summed E-state index contributed by atoms with van der Waals surface area (Å²) >= 11 is 3.54. The third kappa shape index (κ3) is 3.05. The van der Waals surface area contributed by atoms with E-state index in [0.29, 0.717) is 5.75 Å². The standard InChI is InChI=1S/C15H16BrNO/c1-10-3-8-14(16)15(9-10)17-11(2)12-4-6-13(18)7-5-12/h3-9,11,17-18H,1-2H3. The van der Waals surface area contributed by atoms with Crippen molar-refractivity contribution >= 4 is 21.6 Å². The molecule has 0 saturated heterocycles. The summed E-state index contributed by atoms with van der Waals surface area (Å²) in [6, 6.07) is 13.7. The van der Waals surface area contributed by atoms with E-state index >= 15 is 0 Å². The van der Waals surface area contributed by atoms with Gasteiger partial charge >= 0.3 is 0 Å². The van der Waals surface area contributed by atoms with E-state index in [2.05, 4.69) is 47.2 Å². The van der Waals surface area contributed by atoms with Gasteiger partial charge in [0.2, 0.25) is 0 Å². The van der Waals surface area contributed by atoms with E-state index in [1.165, 1.54) is 5.56 Å². The maximum absolute atomic E-state index is 9.28. The van der Waals surface area contributed by atoms with E-state index in [1.54, 1.807) is 12.1 Å². The third-order valence-corrected chi connectivity index (χ3v) is 3.58. The second-order valence-electron chi connectivity index (χ2n) is 4.44. The van der Waals surface area contributed by atoms with Crippen LogP contribution < -0.4 is 5.32 Å². The van der Waals surface area contributed by atoms with E-state index < -0.39 is 0 Å². The van der Waals surface area contributed by atoms with Gasteiger partial charge in [0.1, 0.15) is 5.75 Å². The number of phenolic OH excluding ortho intramolecular Hbond substituents is 1. The Labute approximate surface area is 116 Å². The topological polar surface area (TPSA) is 32.3 Å². The van der Waals surface area contributed by atoms with Crippen LogP contribution in [0.4, 0.5) is 5.69 Å². The minimum atomic E-state index is 0.184. The van der Waals surface area contributed by atoms with E-state index in [4.69, 9.17) is 0 Å². The molecule has 0 saturated carbocycles. The van der Waals surface area contributed by atoms with Gasteiger partial charge in [0, 0.05) is 16.2 Å². The number of anilines is 1. The summed E-state index contributed by atoms with van der Waals surface area (Å²) in [4.78, 5) is 0. The molecule has 1 unspecified atom stereocenters. The lowest BCUT2D eigenvalue weighted by Crippen LogP contribution is -2.07. The number of halogens is 1. The highest BCUT2D eigenvalue weighted by molar-refractivity contribution is 9.10. The molecule has 0 radical (unpaired) electrons. The fourth-order valence-corrected chi connectivity index (χ4v) is 2.19. The van der Waals surface area contributed by atoms with Gasteiger partial charge in [-0.1, -0.05) is 18.2 Å². The molecule has 2 aromatic carbocycles. The molecule has 2 rings (SSSR count). The number of rotatable bonds is 3. The summed E-state index contributed by atoms with van der Waals surface area (Å²) in [6.07, 6.45) is 0. The Morgan fingerprint density at radius 1 is 1.11 bits per heavy atom. The van der Waals surface area contributed by atoms with Crippen LogP contribution in [0.5, 0.6) is 5.75 Å². The molecule has 2 nitrogen and oxygen atoms in total. The first-order valence-electron chi connectivity index (χ1n) is 5.88. The molecule has 2 aromatic rings. The van der Waals surface area contributed by atoms with E-state index in [0.717, 1.165) is 15.7 Å². The van der Waals surface area contributed by atoms with Gasteiger partial charge in [0.15, 0.2) is 0 Å². The van der Waals surface area contributed by atoms with Crippen LogP contribution in [0, 0.1) is 6.92 Å². The van der Waals surface area contributed by atoms with Crippen LogP contribution in [0.15, 0.2) is 46.9 Å². The highest BCUT2D eigenvalue weighted by Crippen LogP contribution is 2.28. The summed E-state index contributed by atoms with van der Waals surface area (Å²) in [6.45, 7) is 4.17. The zero-order chi connectivity index (χ0) is 13.1. The van der Waals surface area contributed by atoms with Crippen LogP contribution in [-0.2, 0) is 0 Å². The van der Waals surface area contributed by atoms with Crippen LogP contribution in [0.25, 0.3) is 0 Å². The first kappa shape index (κ1) is 13.0. The molecule has 0 amide bonds. The predicted octanol–water partition coefficient (Wildman–Crippen LogP) is 4.64. The van der Waals surface area contributed by atoms with Crippen molar-refractivity contribution in [2.75, 3.05) is 5.32 Å². The van der Waals surface area contributed by atoms with Gasteiger partial charge in [-0.3, -0.25) is 0 Å². The van der Waals surface area contributed by atoms with Gasteiger partial charge in [-0.25, -0.2) is 0 Å². The maximum Gasteiger partial charge on any atom is 0.115 e. The summed E-state index contributed by atoms with van der Waals surface area (Å²) in [5.74, 6) is 0.294. The molecule has 0 aliphatic carbocycles. The molecule has 0 heterocycles. The molecule has 0 spiro atoms. The second kappa shape index (κ2) is 5.44. The fraction of sp³-hybridized carbons (Fsp3) is 0.200. The largest absolute Gasteiger partial charge is 0.508 e. The average molecular weight is 306 g/mol. The molecule has 0 aliphatic heterocycles. The van der Waals surface area contributed by atoms with Crippen LogP contribution >= 0.6 is 15.9 Å². The van der Waals surface area contributed by atoms with Crippen molar-refractivity contribution in [3.63, 3.8) is 0 Å². The minimum Gasteiger partial charge on any atom is -0.508 e. The lowest BCUT2D eigenvalue weighted by atomic mass is 10.1. The Morgan fingerprint density at radius 3 is 2.44 bits per heavy atom. The molecule has 18 heavy (non-hydrogen) atoms. The van der Waals surface area contributed by atoms with Crippen LogP contribution in [0.1, 0.15) is 24.1 Å². The van der Waals surface area contributed by atoms with Crippen molar-refractivity contribution in [3.05, 3.63) is 58.1 Å². The SMILES string of the molecule is Cc1ccc(Br)c(NC(C)c2ccc(O)cc2)c1. The van der Waals surface area contributed by atoms with Crippen molar-refractivity contribution < 1.29 is 5.11 Å². The summed E-state index contributed by atoms with van der Waals surface area (Å²) in [5.41, 5.74) is 3.44. The Bertz CT molecular complexity index is 537. The summed E-state index contributed by atoms with van der Waals surface area (Å²) < 4.78 is 1.05. The predicted molar refractivity (Wildman–Crippen MR) is 79.0 cm³/mol. The third-order valence-electron chi connectivity index (χ3n) is 2.89. The summed E-state index contributed by atoms with van der Waals surface area (Å²) in [7, 11) is 0. The van der Waals surface area contributed by atoms with Gasteiger partial charge < -0.3 is 10.4 Å². The summed E-state index contributed by atoms with van der Waals surface area (Å²) in [5, 5.41) is 12.7. The van der Waals surface area contributed by atoms with E-state index in [1.807, 2.05) is 18.2 Å². The normalized spacial score (nSPS) is 12.2. The maximum atomic E-state index is 9.28. The zero-order valence-corrected chi connectivity index (χ0v) is 12.0. The van der Waals surface area contributed by atoms with Gasteiger partial charge in [0.25, 0.3) is 0 Å². The van der Waals surface area contributed by atoms with E-state index in [9.17, 15) is 5.11 Å². The molecule has 0 fully saturated rings. The molecule has 3 heteroatoms. The molecular formula is C15H16BrNO. The van der Waals surface area contributed by atoms with Gasteiger partial charge in [-0.05, 0) is 65.2 Å². The highest BCUT2D eigenvalue weighted by Gasteiger charge is 2.07. The van der Waals surface area contributed by atoms with Crippen molar-refractivity contribution in [3.8, 4) is 5.75 Å². The smallest absolute Gasteiger partial charge is 0.115 e. The molecular weight excluding hydrogens is 290 g/mol. The number of benzene rings is 2. The molecule has 0 aliphatic rings. The Morgan fingerprint density at radius 2 is 1.78 bits per heavy atom. The lowest BCUT2D eigenvalue weighted by molar-refractivity contribution is 0.475. The van der Waals surface area contributed by atoms with Crippen molar-refractivity contribution in [2.45, 2.75) is 19.9 Å². The molecule has 2 N–H and O–H groups in total. The van der Waals surface area contributed by atoms with Crippen molar-refractivity contribution in [1.29, 1.82) is 0 Å². The van der Waals surface area contributed by atoms with Crippen LogP contribution in [0.2, 0.25) is 0 Å². The molecule has 1 atom stereocenters. The van der Waals surface area contributed by atoms with Gasteiger partial charge in [-0.2, -0.15) is 0 Å². The monoisotopic (exact) mass is 305 g/mol. The highest BCUT2D eigenvalue weighted by atomic mass is 79.9. The van der Waals surface area contributed by atoms with Crippen molar-refractivity contribution in [1.82, 2.24) is 0 Å². The van der Waals surface area contributed by atoms with Gasteiger partial charge in [-0.15, -0.1) is 0 Å². The molecule has 94 valence electrons. The zero-order valence-electron chi connectivity index (χ0n) is 10.4. The molecule has 0 aromatic heterocycles. The Balaban J connectivity index is 2.18. The van der Waals surface area contributed by atoms with Crippen molar-refractivity contribution in [2.24, 2.45) is 0 Å². The minimum absolute atomic E-state index is 0.184. The average Bonchev–Trinajstić information content (AvgIpc) is 2.34. The lowest BCUT2D eigenvalue weighted by Gasteiger charge is -2.17. The van der Waals surface area contributed by atoms with Crippen LogP contribution in [0.3, 0.4) is 0 Å². The number of nitrogens with one attached hydrogen (secondary N) is 1. The number of hydrogen-bond donors (Lipinski definition) is 2. The second-order valence-corrected chi connectivity index (χ2v) is 5.30. The quantitative estimate of drug-likeness (QED) is 0.866. The number of aryl methyl sites for hydroxylation is 1. The van der Waals surface area contributed by atoms with Crippen LogP contribution in [-0.4, -0.2) is 5.11 Å². The van der Waals surface area contributed by atoms with E-state index in [-0.39, 0.29) is 6.04 Å². The Kier molecular flexibility index (Phi) is 3.92. The Hall–Kier alpha value is -1.48. The first-order valence-corrected chi connectivity index (χ1v) is 6.67. The number of phenols is 1. The number of hydrogen-bond acceptors (Lipinski definition) is 2. The van der Waals surface area contributed by atoms with Gasteiger partial charge in [0.05, 0.1) is 0 Å².